The lowest BCUT2D eigenvalue weighted by molar-refractivity contribution is -0.142. The molecule has 2 N–H and O–H groups in total. The van der Waals surface area contributed by atoms with Gasteiger partial charge in [-0.1, -0.05) is 30.3 Å². The number of hydrogen-bond acceptors (Lipinski definition) is 4. The van der Waals surface area contributed by atoms with E-state index in [0.717, 1.165) is 16.9 Å². The van der Waals surface area contributed by atoms with E-state index in [2.05, 4.69) is 5.32 Å². The molecule has 2 aromatic carbocycles. The Kier molecular flexibility index (Phi) is 5.64. The number of nitrogens with one attached hydrogen (secondary N) is 1. The van der Waals surface area contributed by atoms with Gasteiger partial charge in [0.15, 0.2) is 0 Å². The molecule has 2 aromatic rings. The SMILES string of the molecule is COc1ccc2c(c1)CC(C(=O)NC(c1ccccc1)C(C)C(=O)O)CO2. The van der Waals surface area contributed by atoms with Crippen molar-refractivity contribution in [3.8, 4) is 11.5 Å². The Hall–Kier alpha value is -3.02. The highest BCUT2D eigenvalue weighted by molar-refractivity contribution is 5.81. The standard InChI is InChI=1S/C21H23NO5/c1-13(21(24)25)19(14-6-4-3-5-7-14)22-20(23)16-10-15-11-17(26-2)8-9-18(15)27-12-16/h3-9,11,13,16,19H,10,12H2,1-2H3,(H,22,23)(H,24,25). The van der Waals surface area contributed by atoms with E-state index in [1.54, 1.807) is 14.0 Å². The van der Waals surface area contributed by atoms with Crippen LogP contribution in [0.2, 0.25) is 0 Å². The number of rotatable bonds is 6. The van der Waals surface area contributed by atoms with Gasteiger partial charge in [-0.3, -0.25) is 9.59 Å². The number of benzene rings is 2. The average molecular weight is 369 g/mol. The van der Waals surface area contributed by atoms with Crippen molar-refractivity contribution in [2.75, 3.05) is 13.7 Å². The third-order valence-corrected chi connectivity index (χ3v) is 4.89. The van der Waals surface area contributed by atoms with Crippen LogP contribution in [0.4, 0.5) is 0 Å². The molecule has 142 valence electrons. The highest BCUT2D eigenvalue weighted by Crippen LogP contribution is 2.31. The fourth-order valence-electron chi connectivity index (χ4n) is 3.24. The quantitative estimate of drug-likeness (QED) is 0.818. The maximum absolute atomic E-state index is 12.9. The molecule has 0 aromatic heterocycles. The Morgan fingerprint density at radius 3 is 2.63 bits per heavy atom. The van der Waals surface area contributed by atoms with Crippen LogP contribution in [0.3, 0.4) is 0 Å². The number of ether oxygens (including phenoxy) is 2. The third kappa shape index (κ3) is 4.22. The molecular formula is C21H23NO5. The van der Waals surface area contributed by atoms with Crippen LogP contribution in [-0.2, 0) is 16.0 Å². The van der Waals surface area contributed by atoms with Crippen molar-refractivity contribution in [2.45, 2.75) is 19.4 Å². The number of carboxylic acid groups (broad SMARTS) is 1. The molecule has 0 spiro atoms. The first-order valence-corrected chi connectivity index (χ1v) is 8.87. The van der Waals surface area contributed by atoms with Crippen LogP contribution in [0.15, 0.2) is 48.5 Å². The minimum absolute atomic E-state index is 0.217. The second-order valence-corrected chi connectivity index (χ2v) is 6.71. The first-order chi connectivity index (χ1) is 13.0. The van der Waals surface area contributed by atoms with Crippen molar-refractivity contribution >= 4 is 11.9 Å². The number of methoxy groups -OCH3 is 1. The summed E-state index contributed by atoms with van der Waals surface area (Å²) in [6, 6.07) is 14.1. The van der Waals surface area contributed by atoms with Crippen LogP contribution in [0.1, 0.15) is 24.1 Å². The van der Waals surface area contributed by atoms with Gasteiger partial charge in [-0.05, 0) is 42.7 Å². The van der Waals surface area contributed by atoms with Gasteiger partial charge in [-0.25, -0.2) is 0 Å². The summed E-state index contributed by atoms with van der Waals surface area (Å²) in [6.07, 6.45) is 0.515. The molecule has 3 atom stereocenters. The van der Waals surface area contributed by atoms with Gasteiger partial charge >= 0.3 is 5.97 Å². The molecule has 1 amide bonds. The minimum Gasteiger partial charge on any atom is -0.497 e. The van der Waals surface area contributed by atoms with E-state index < -0.39 is 23.8 Å². The normalized spacial score (nSPS) is 17.8. The second-order valence-electron chi connectivity index (χ2n) is 6.71. The van der Waals surface area contributed by atoms with Crippen molar-refractivity contribution in [2.24, 2.45) is 11.8 Å². The topological polar surface area (TPSA) is 84.9 Å². The van der Waals surface area contributed by atoms with E-state index in [9.17, 15) is 14.7 Å². The summed E-state index contributed by atoms with van der Waals surface area (Å²) in [5.41, 5.74) is 1.67. The Balaban J connectivity index is 1.77. The van der Waals surface area contributed by atoms with Crippen LogP contribution < -0.4 is 14.8 Å². The lowest BCUT2D eigenvalue weighted by Crippen LogP contribution is -2.42. The molecular weight excluding hydrogens is 346 g/mol. The molecule has 0 fully saturated rings. The predicted octanol–water partition coefficient (Wildman–Crippen LogP) is 2.82. The summed E-state index contributed by atoms with van der Waals surface area (Å²) < 4.78 is 11.0. The highest BCUT2D eigenvalue weighted by Gasteiger charge is 2.32. The first-order valence-electron chi connectivity index (χ1n) is 8.87. The lowest BCUT2D eigenvalue weighted by atomic mass is 9.91. The zero-order chi connectivity index (χ0) is 19.4. The number of hydrogen-bond donors (Lipinski definition) is 2. The van der Waals surface area contributed by atoms with Gasteiger partial charge in [0.1, 0.15) is 18.1 Å². The molecule has 3 unspecified atom stereocenters. The number of carbonyl (C=O) groups excluding carboxylic acids is 1. The summed E-state index contributed by atoms with van der Waals surface area (Å²) in [6.45, 7) is 1.85. The molecule has 3 rings (SSSR count). The summed E-state index contributed by atoms with van der Waals surface area (Å²) in [5, 5.41) is 12.3. The Bertz CT molecular complexity index is 821. The summed E-state index contributed by atoms with van der Waals surface area (Å²) >= 11 is 0. The number of fused-ring (bicyclic) bond motifs is 1. The van der Waals surface area contributed by atoms with Gasteiger partial charge in [0.2, 0.25) is 5.91 Å². The molecule has 0 saturated heterocycles. The van der Waals surface area contributed by atoms with Crippen LogP contribution in [0, 0.1) is 11.8 Å². The molecule has 0 radical (unpaired) electrons. The molecule has 1 aliphatic heterocycles. The average Bonchev–Trinajstić information content (AvgIpc) is 2.71. The van der Waals surface area contributed by atoms with Crippen LogP contribution >= 0.6 is 0 Å². The monoisotopic (exact) mass is 369 g/mol. The summed E-state index contributed by atoms with van der Waals surface area (Å²) in [4.78, 5) is 24.4. The fraction of sp³-hybridized carbons (Fsp3) is 0.333. The van der Waals surface area contributed by atoms with Crippen LogP contribution in [0.5, 0.6) is 11.5 Å². The Morgan fingerprint density at radius 1 is 1.22 bits per heavy atom. The van der Waals surface area contributed by atoms with Gasteiger partial charge in [0, 0.05) is 0 Å². The first kappa shape index (κ1) is 18.8. The number of amides is 1. The maximum Gasteiger partial charge on any atom is 0.308 e. The van der Waals surface area contributed by atoms with Crippen molar-refractivity contribution in [3.05, 3.63) is 59.7 Å². The fourth-order valence-corrected chi connectivity index (χ4v) is 3.24. The van der Waals surface area contributed by atoms with Gasteiger partial charge in [-0.15, -0.1) is 0 Å². The van der Waals surface area contributed by atoms with Crippen molar-refractivity contribution < 1.29 is 24.2 Å². The van der Waals surface area contributed by atoms with Gasteiger partial charge in [0.05, 0.1) is 25.0 Å². The lowest BCUT2D eigenvalue weighted by Gasteiger charge is -2.28. The van der Waals surface area contributed by atoms with Gasteiger partial charge in [-0.2, -0.15) is 0 Å². The molecule has 0 aliphatic carbocycles. The van der Waals surface area contributed by atoms with Crippen LogP contribution in [-0.4, -0.2) is 30.7 Å². The summed E-state index contributed by atoms with van der Waals surface area (Å²) in [7, 11) is 1.59. The van der Waals surface area contributed by atoms with Crippen LogP contribution in [0.25, 0.3) is 0 Å². The van der Waals surface area contributed by atoms with Gasteiger partial charge < -0.3 is 19.9 Å². The number of carboxylic acids is 1. The predicted molar refractivity (Wildman–Crippen MR) is 99.8 cm³/mol. The maximum atomic E-state index is 12.9. The number of aliphatic carboxylic acids is 1. The minimum atomic E-state index is -0.959. The molecule has 27 heavy (non-hydrogen) atoms. The third-order valence-electron chi connectivity index (χ3n) is 4.89. The van der Waals surface area contributed by atoms with Crippen molar-refractivity contribution in [1.29, 1.82) is 0 Å². The molecule has 6 nitrogen and oxygen atoms in total. The molecule has 1 aliphatic rings. The molecule has 0 saturated carbocycles. The smallest absolute Gasteiger partial charge is 0.308 e. The van der Waals surface area contributed by atoms with E-state index in [0.29, 0.717) is 12.2 Å². The van der Waals surface area contributed by atoms with E-state index in [1.165, 1.54) is 0 Å². The van der Waals surface area contributed by atoms with Gasteiger partial charge in [0.25, 0.3) is 0 Å². The van der Waals surface area contributed by atoms with Crippen molar-refractivity contribution in [3.63, 3.8) is 0 Å². The zero-order valence-electron chi connectivity index (χ0n) is 15.3. The molecule has 6 heteroatoms. The molecule has 1 heterocycles. The van der Waals surface area contributed by atoms with E-state index >= 15 is 0 Å². The van der Waals surface area contributed by atoms with E-state index in [4.69, 9.17) is 9.47 Å². The Morgan fingerprint density at radius 2 is 1.96 bits per heavy atom. The Labute approximate surface area is 158 Å². The highest BCUT2D eigenvalue weighted by atomic mass is 16.5. The second kappa shape index (κ2) is 8.12. The number of carbonyl (C=O) groups is 2. The largest absolute Gasteiger partial charge is 0.497 e. The van der Waals surface area contributed by atoms with E-state index in [-0.39, 0.29) is 12.5 Å². The van der Waals surface area contributed by atoms with Crippen molar-refractivity contribution in [1.82, 2.24) is 5.32 Å². The summed E-state index contributed by atoms with van der Waals surface area (Å²) in [5.74, 6) is -0.868. The zero-order valence-corrected chi connectivity index (χ0v) is 15.3. The molecule has 0 bridgehead atoms. The van der Waals surface area contributed by atoms with E-state index in [1.807, 2.05) is 48.5 Å².